The van der Waals surface area contributed by atoms with Crippen LogP contribution in [0.5, 0.6) is 0 Å². The summed E-state index contributed by atoms with van der Waals surface area (Å²) in [6.45, 7) is 5.86. The predicted molar refractivity (Wildman–Crippen MR) is 86.6 cm³/mol. The lowest BCUT2D eigenvalue weighted by atomic mass is 9.94. The van der Waals surface area contributed by atoms with E-state index in [0.717, 1.165) is 38.6 Å². The van der Waals surface area contributed by atoms with Crippen LogP contribution in [0.4, 0.5) is 0 Å². The molecule has 1 aromatic heterocycles. The van der Waals surface area contributed by atoms with E-state index < -0.39 is 0 Å². The highest BCUT2D eigenvalue weighted by molar-refractivity contribution is 5.80. The highest BCUT2D eigenvalue weighted by Crippen LogP contribution is 2.24. The molecule has 0 radical (unpaired) electrons. The van der Waals surface area contributed by atoms with Gasteiger partial charge >= 0.3 is 0 Å². The first kappa shape index (κ1) is 15.5. The third-order valence-electron chi connectivity index (χ3n) is 5.23. The Kier molecular flexibility index (Phi) is 5.13. The molecule has 2 aliphatic rings. The Labute approximate surface area is 133 Å². The summed E-state index contributed by atoms with van der Waals surface area (Å²) in [6, 6.07) is 2.51. The second-order valence-corrected chi connectivity index (χ2v) is 6.56. The molecule has 0 N–H and O–H groups in total. The molecular formula is C17H28N4O. The molecule has 1 atom stereocenters. The molecule has 5 nitrogen and oxygen atoms in total. The Bertz CT molecular complexity index is 459. The predicted octanol–water partition coefficient (Wildman–Crippen LogP) is 2.31. The second kappa shape index (κ2) is 7.27. The number of carbonyl (C=O) groups is 1. The molecule has 122 valence electrons. The van der Waals surface area contributed by atoms with Crippen LogP contribution in [0.2, 0.25) is 0 Å². The van der Waals surface area contributed by atoms with Crippen LogP contribution < -0.4 is 0 Å². The highest BCUT2D eigenvalue weighted by Gasteiger charge is 2.30. The fourth-order valence-corrected chi connectivity index (χ4v) is 3.90. The number of aromatic nitrogens is 2. The van der Waals surface area contributed by atoms with Gasteiger partial charge in [-0.15, -0.1) is 0 Å². The van der Waals surface area contributed by atoms with Gasteiger partial charge in [-0.25, -0.2) is 0 Å². The standard InChI is InChI=1S/C17H28N4O/c1-2-16(21-10-6-9-18-21)17(22)20-13-11-19(12-14-20)15-7-4-3-5-8-15/h6,9-10,15-16H,2-5,7-8,11-14H2,1H3/t16-/m0/s1. The first-order chi connectivity index (χ1) is 10.8. The van der Waals surface area contributed by atoms with E-state index in [9.17, 15) is 4.79 Å². The van der Waals surface area contributed by atoms with Crippen molar-refractivity contribution in [2.24, 2.45) is 0 Å². The normalized spacial score (nSPS) is 22.7. The maximum atomic E-state index is 12.8. The number of hydrogen-bond acceptors (Lipinski definition) is 3. The summed E-state index contributed by atoms with van der Waals surface area (Å²) in [6.07, 6.45) is 11.3. The minimum absolute atomic E-state index is 0.142. The molecular weight excluding hydrogens is 276 g/mol. The molecule has 1 aromatic rings. The molecule has 2 heterocycles. The lowest BCUT2D eigenvalue weighted by molar-refractivity contribution is -0.137. The molecule has 1 saturated heterocycles. The van der Waals surface area contributed by atoms with Gasteiger partial charge in [-0.05, 0) is 25.3 Å². The Balaban J connectivity index is 1.55. The van der Waals surface area contributed by atoms with E-state index in [1.807, 2.05) is 17.2 Å². The van der Waals surface area contributed by atoms with E-state index in [4.69, 9.17) is 0 Å². The zero-order valence-electron chi connectivity index (χ0n) is 13.7. The minimum Gasteiger partial charge on any atom is -0.338 e. The third kappa shape index (κ3) is 3.35. The largest absolute Gasteiger partial charge is 0.338 e. The molecule has 1 aliphatic carbocycles. The van der Waals surface area contributed by atoms with Crippen LogP contribution in [-0.4, -0.2) is 57.7 Å². The van der Waals surface area contributed by atoms with Gasteiger partial charge in [0, 0.05) is 44.6 Å². The number of rotatable bonds is 4. The van der Waals surface area contributed by atoms with E-state index in [-0.39, 0.29) is 11.9 Å². The van der Waals surface area contributed by atoms with Gasteiger partial charge in [0.25, 0.3) is 0 Å². The molecule has 0 aromatic carbocycles. The Hall–Kier alpha value is -1.36. The molecule has 1 amide bonds. The smallest absolute Gasteiger partial charge is 0.247 e. The van der Waals surface area contributed by atoms with Crippen LogP contribution in [-0.2, 0) is 4.79 Å². The molecule has 3 rings (SSSR count). The molecule has 1 saturated carbocycles. The molecule has 22 heavy (non-hydrogen) atoms. The Morgan fingerprint density at radius 1 is 1.18 bits per heavy atom. The van der Waals surface area contributed by atoms with Crippen molar-refractivity contribution in [3.8, 4) is 0 Å². The average Bonchev–Trinajstić information content (AvgIpc) is 3.11. The topological polar surface area (TPSA) is 41.4 Å². The van der Waals surface area contributed by atoms with Crippen molar-refractivity contribution >= 4 is 5.91 Å². The van der Waals surface area contributed by atoms with Gasteiger partial charge in [0.15, 0.2) is 0 Å². The number of nitrogens with zero attached hydrogens (tertiary/aromatic N) is 4. The lowest BCUT2D eigenvalue weighted by Crippen LogP contribution is -2.53. The zero-order valence-corrected chi connectivity index (χ0v) is 13.7. The fraction of sp³-hybridized carbons (Fsp3) is 0.765. The third-order valence-corrected chi connectivity index (χ3v) is 5.23. The lowest BCUT2D eigenvalue weighted by Gasteiger charge is -2.41. The number of piperazine rings is 1. The summed E-state index contributed by atoms with van der Waals surface area (Å²) < 4.78 is 1.80. The van der Waals surface area contributed by atoms with Crippen molar-refractivity contribution in [1.29, 1.82) is 0 Å². The van der Waals surface area contributed by atoms with Gasteiger partial charge < -0.3 is 4.90 Å². The summed E-state index contributed by atoms with van der Waals surface area (Å²) in [5.41, 5.74) is 0. The molecule has 1 aliphatic heterocycles. The minimum atomic E-state index is -0.142. The van der Waals surface area contributed by atoms with Crippen LogP contribution in [0.15, 0.2) is 18.5 Å². The average molecular weight is 304 g/mol. The molecule has 2 fully saturated rings. The van der Waals surface area contributed by atoms with Crippen molar-refractivity contribution in [3.63, 3.8) is 0 Å². The van der Waals surface area contributed by atoms with Gasteiger partial charge in [-0.1, -0.05) is 26.2 Å². The van der Waals surface area contributed by atoms with E-state index in [1.54, 1.807) is 10.9 Å². The Morgan fingerprint density at radius 3 is 2.50 bits per heavy atom. The quantitative estimate of drug-likeness (QED) is 0.857. The van der Waals surface area contributed by atoms with Crippen molar-refractivity contribution in [1.82, 2.24) is 19.6 Å². The van der Waals surface area contributed by atoms with Crippen LogP contribution in [0, 0.1) is 0 Å². The summed E-state index contributed by atoms with van der Waals surface area (Å²) in [5, 5.41) is 4.25. The second-order valence-electron chi connectivity index (χ2n) is 6.56. The first-order valence-corrected chi connectivity index (χ1v) is 8.81. The highest BCUT2D eigenvalue weighted by atomic mass is 16.2. The van der Waals surface area contributed by atoms with Crippen molar-refractivity contribution in [3.05, 3.63) is 18.5 Å². The molecule has 5 heteroatoms. The van der Waals surface area contributed by atoms with E-state index in [2.05, 4.69) is 16.9 Å². The molecule has 0 unspecified atom stereocenters. The van der Waals surface area contributed by atoms with E-state index in [0.29, 0.717) is 0 Å². The maximum Gasteiger partial charge on any atom is 0.247 e. The van der Waals surface area contributed by atoms with Crippen molar-refractivity contribution < 1.29 is 4.79 Å². The SMILES string of the molecule is CC[C@@H](C(=O)N1CCN(C2CCCCC2)CC1)n1cccn1. The maximum absolute atomic E-state index is 12.8. The summed E-state index contributed by atoms with van der Waals surface area (Å²) in [4.78, 5) is 17.4. The van der Waals surface area contributed by atoms with Gasteiger partial charge in [-0.2, -0.15) is 5.10 Å². The van der Waals surface area contributed by atoms with Gasteiger partial charge in [0.1, 0.15) is 6.04 Å². The number of hydrogen-bond donors (Lipinski definition) is 0. The summed E-state index contributed by atoms with van der Waals surface area (Å²) >= 11 is 0. The van der Waals surface area contributed by atoms with Crippen LogP contribution in [0.3, 0.4) is 0 Å². The van der Waals surface area contributed by atoms with E-state index >= 15 is 0 Å². The van der Waals surface area contributed by atoms with Gasteiger partial charge in [-0.3, -0.25) is 14.4 Å². The number of amides is 1. The summed E-state index contributed by atoms with van der Waals surface area (Å²) in [7, 11) is 0. The van der Waals surface area contributed by atoms with Crippen LogP contribution in [0.1, 0.15) is 51.5 Å². The van der Waals surface area contributed by atoms with Crippen molar-refractivity contribution in [2.45, 2.75) is 57.5 Å². The number of carbonyl (C=O) groups excluding carboxylic acids is 1. The van der Waals surface area contributed by atoms with Gasteiger partial charge in [0.05, 0.1) is 0 Å². The van der Waals surface area contributed by atoms with Crippen LogP contribution in [0.25, 0.3) is 0 Å². The first-order valence-electron chi connectivity index (χ1n) is 8.81. The molecule has 0 bridgehead atoms. The molecule has 0 spiro atoms. The van der Waals surface area contributed by atoms with Crippen LogP contribution >= 0.6 is 0 Å². The monoisotopic (exact) mass is 304 g/mol. The van der Waals surface area contributed by atoms with E-state index in [1.165, 1.54) is 32.1 Å². The fourth-order valence-electron chi connectivity index (χ4n) is 3.90. The zero-order chi connectivity index (χ0) is 15.4. The summed E-state index contributed by atoms with van der Waals surface area (Å²) in [5.74, 6) is 0.231. The van der Waals surface area contributed by atoms with Gasteiger partial charge in [0.2, 0.25) is 5.91 Å². The van der Waals surface area contributed by atoms with Crippen molar-refractivity contribution in [2.75, 3.05) is 26.2 Å². The Morgan fingerprint density at radius 2 is 1.91 bits per heavy atom.